The van der Waals surface area contributed by atoms with Crippen LogP contribution in [-0.2, 0) is 4.79 Å². The predicted octanol–water partition coefficient (Wildman–Crippen LogP) is 3.62. The molecular weight excluding hydrogens is 324 g/mol. The maximum atomic E-state index is 12.4. The second-order valence-electron chi connectivity index (χ2n) is 7.27. The molecule has 1 aliphatic heterocycles. The van der Waals surface area contributed by atoms with Crippen LogP contribution in [0.15, 0.2) is 42.6 Å². The summed E-state index contributed by atoms with van der Waals surface area (Å²) in [6.07, 6.45) is 4.82. The summed E-state index contributed by atoms with van der Waals surface area (Å²) in [5.41, 5.74) is 3.26. The minimum Gasteiger partial charge on any atom is -0.355 e. The molecule has 1 amide bonds. The standard InChI is InChI=1S/C21H26N4O/c1-3-15(2)22-21(26)16-10-13-24(14-11-16)20-19-9-6-12-25(19)18-8-5-4-7-17(18)23-20/h4-9,12,15-16H,3,10-11,13-14H2,1-2H3,(H,22,26)/t15-/m0/s1. The number of amides is 1. The molecule has 3 aromatic rings. The van der Waals surface area contributed by atoms with Crippen LogP contribution in [0.1, 0.15) is 33.1 Å². The summed E-state index contributed by atoms with van der Waals surface area (Å²) in [5.74, 6) is 1.34. The highest BCUT2D eigenvalue weighted by Gasteiger charge is 2.27. The van der Waals surface area contributed by atoms with Crippen molar-refractivity contribution in [3.8, 4) is 0 Å². The molecule has 5 nitrogen and oxygen atoms in total. The van der Waals surface area contributed by atoms with E-state index in [9.17, 15) is 4.79 Å². The van der Waals surface area contributed by atoms with E-state index < -0.39 is 0 Å². The Hall–Kier alpha value is -2.56. The smallest absolute Gasteiger partial charge is 0.223 e. The number of rotatable bonds is 4. The highest BCUT2D eigenvalue weighted by molar-refractivity contribution is 5.85. The van der Waals surface area contributed by atoms with Gasteiger partial charge in [-0.15, -0.1) is 0 Å². The first kappa shape index (κ1) is 16.9. The van der Waals surface area contributed by atoms with Gasteiger partial charge in [0.1, 0.15) is 0 Å². The zero-order chi connectivity index (χ0) is 18.1. The number of para-hydroxylation sites is 2. The Morgan fingerprint density at radius 1 is 1.19 bits per heavy atom. The lowest BCUT2D eigenvalue weighted by Gasteiger charge is -2.33. The van der Waals surface area contributed by atoms with E-state index in [1.165, 1.54) is 0 Å². The van der Waals surface area contributed by atoms with E-state index in [2.05, 4.69) is 58.9 Å². The van der Waals surface area contributed by atoms with E-state index in [1.807, 2.05) is 12.1 Å². The molecular formula is C21H26N4O. The van der Waals surface area contributed by atoms with Crippen molar-refractivity contribution >= 4 is 28.3 Å². The molecule has 4 rings (SSSR count). The molecule has 1 aromatic carbocycles. The van der Waals surface area contributed by atoms with Gasteiger partial charge in [0.25, 0.3) is 0 Å². The largest absolute Gasteiger partial charge is 0.355 e. The van der Waals surface area contributed by atoms with E-state index in [4.69, 9.17) is 4.98 Å². The molecule has 1 N–H and O–H groups in total. The van der Waals surface area contributed by atoms with Crippen molar-refractivity contribution in [2.24, 2.45) is 5.92 Å². The van der Waals surface area contributed by atoms with Crippen molar-refractivity contribution in [1.29, 1.82) is 0 Å². The maximum absolute atomic E-state index is 12.4. The number of fused-ring (bicyclic) bond motifs is 3. The molecule has 0 aliphatic carbocycles. The van der Waals surface area contributed by atoms with Crippen LogP contribution in [-0.4, -0.2) is 34.4 Å². The van der Waals surface area contributed by atoms with Crippen molar-refractivity contribution < 1.29 is 4.79 Å². The highest BCUT2D eigenvalue weighted by Crippen LogP contribution is 2.29. The zero-order valence-corrected chi connectivity index (χ0v) is 15.5. The molecule has 1 fully saturated rings. The third kappa shape index (κ3) is 3.02. The lowest BCUT2D eigenvalue weighted by atomic mass is 9.95. The first-order chi connectivity index (χ1) is 12.7. The van der Waals surface area contributed by atoms with Gasteiger partial charge in [0.2, 0.25) is 5.91 Å². The highest BCUT2D eigenvalue weighted by atomic mass is 16.1. The molecule has 26 heavy (non-hydrogen) atoms. The summed E-state index contributed by atoms with van der Waals surface area (Å²) in [6.45, 7) is 5.90. The lowest BCUT2D eigenvalue weighted by Crippen LogP contribution is -2.43. The van der Waals surface area contributed by atoms with Crippen molar-refractivity contribution in [1.82, 2.24) is 14.7 Å². The number of piperidine rings is 1. The van der Waals surface area contributed by atoms with Gasteiger partial charge in [-0.05, 0) is 50.5 Å². The molecule has 1 aliphatic rings. The topological polar surface area (TPSA) is 49.6 Å². The fourth-order valence-corrected chi connectivity index (χ4v) is 3.76. The number of carbonyl (C=O) groups is 1. The Bertz CT molecular complexity index is 924. The third-order valence-corrected chi connectivity index (χ3v) is 5.51. The van der Waals surface area contributed by atoms with Gasteiger partial charge in [-0.1, -0.05) is 19.1 Å². The summed E-state index contributed by atoms with van der Waals surface area (Å²) in [7, 11) is 0. The third-order valence-electron chi connectivity index (χ3n) is 5.51. The number of carbonyl (C=O) groups excluding carboxylic acids is 1. The van der Waals surface area contributed by atoms with Crippen LogP contribution in [0.5, 0.6) is 0 Å². The maximum Gasteiger partial charge on any atom is 0.223 e. The summed E-state index contributed by atoms with van der Waals surface area (Å²) in [6, 6.07) is 12.7. The molecule has 3 heterocycles. The Labute approximate surface area is 154 Å². The van der Waals surface area contributed by atoms with Gasteiger partial charge in [-0.25, -0.2) is 4.98 Å². The average molecular weight is 350 g/mol. The predicted molar refractivity (Wildman–Crippen MR) is 106 cm³/mol. The van der Waals surface area contributed by atoms with Crippen LogP contribution in [0.3, 0.4) is 0 Å². The molecule has 136 valence electrons. The van der Waals surface area contributed by atoms with Gasteiger partial charge in [0.15, 0.2) is 5.82 Å². The number of hydrogen-bond acceptors (Lipinski definition) is 3. The van der Waals surface area contributed by atoms with Gasteiger partial charge in [-0.3, -0.25) is 4.79 Å². The normalized spacial score (nSPS) is 16.9. The van der Waals surface area contributed by atoms with Crippen molar-refractivity contribution in [2.75, 3.05) is 18.0 Å². The van der Waals surface area contributed by atoms with E-state index in [1.54, 1.807) is 0 Å². The van der Waals surface area contributed by atoms with E-state index in [-0.39, 0.29) is 17.9 Å². The molecule has 2 aromatic heterocycles. The number of nitrogens with one attached hydrogen (secondary N) is 1. The summed E-state index contributed by atoms with van der Waals surface area (Å²) >= 11 is 0. The van der Waals surface area contributed by atoms with Crippen molar-refractivity contribution in [3.05, 3.63) is 42.6 Å². The zero-order valence-electron chi connectivity index (χ0n) is 15.5. The summed E-state index contributed by atoms with van der Waals surface area (Å²) < 4.78 is 2.21. The van der Waals surface area contributed by atoms with E-state index in [0.29, 0.717) is 0 Å². The minimum atomic E-state index is 0.114. The lowest BCUT2D eigenvalue weighted by molar-refractivity contribution is -0.126. The second-order valence-corrected chi connectivity index (χ2v) is 7.27. The van der Waals surface area contributed by atoms with E-state index in [0.717, 1.165) is 54.7 Å². The monoisotopic (exact) mass is 350 g/mol. The number of aromatic nitrogens is 2. The second kappa shape index (κ2) is 6.98. The quantitative estimate of drug-likeness (QED) is 0.782. The Morgan fingerprint density at radius 3 is 2.69 bits per heavy atom. The molecule has 5 heteroatoms. The van der Waals surface area contributed by atoms with Crippen LogP contribution in [0, 0.1) is 5.92 Å². The summed E-state index contributed by atoms with van der Waals surface area (Å²) in [4.78, 5) is 19.7. The van der Waals surface area contributed by atoms with Crippen LogP contribution >= 0.6 is 0 Å². The SMILES string of the molecule is CC[C@H](C)NC(=O)C1CCN(c2nc3ccccc3n3cccc23)CC1. The Kier molecular flexibility index (Phi) is 4.53. The van der Waals surface area contributed by atoms with Crippen LogP contribution in [0.4, 0.5) is 5.82 Å². The minimum absolute atomic E-state index is 0.114. The number of nitrogens with zero attached hydrogens (tertiary/aromatic N) is 3. The number of hydrogen-bond donors (Lipinski definition) is 1. The molecule has 0 saturated carbocycles. The molecule has 1 saturated heterocycles. The molecule has 0 unspecified atom stereocenters. The Morgan fingerprint density at radius 2 is 1.92 bits per heavy atom. The fraction of sp³-hybridized carbons (Fsp3) is 0.429. The van der Waals surface area contributed by atoms with Gasteiger partial charge >= 0.3 is 0 Å². The molecule has 1 atom stereocenters. The van der Waals surface area contributed by atoms with E-state index >= 15 is 0 Å². The van der Waals surface area contributed by atoms with Gasteiger partial charge < -0.3 is 14.6 Å². The van der Waals surface area contributed by atoms with Crippen LogP contribution in [0.2, 0.25) is 0 Å². The summed E-state index contributed by atoms with van der Waals surface area (Å²) in [5, 5.41) is 3.13. The average Bonchev–Trinajstić information content (AvgIpc) is 3.17. The van der Waals surface area contributed by atoms with Gasteiger partial charge in [-0.2, -0.15) is 0 Å². The first-order valence-electron chi connectivity index (χ1n) is 9.58. The number of benzene rings is 1. The van der Waals surface area contributed by atoms with Crippen LogP contribution in [0.25, 0.3) is 16.6 Å². The van der Waals surface area contributed by atoms with Crippen LogP contribution < -0.4 is 10.2 Å². The molecule has 0 bridgehead atoms. The Balaban J connectivity index is 1.56. The first-order valence-corrected chi connectivity index (χ1v) is 9.58. The number of anilines is 1. The van der Waals surface area contributed by atoms with Crippen molar-refractivity contribution in [3.63, 3.8) is 0 Å². The molecule has 0 radical (unpaired) electrons. The molecule has 0 spiro atoms. The van der Waals surface area contributed by atoms with Gasteiger partial charge in [0, 0.05) is 31.2 Å². The van der Waals surface area contributed by atoms with Crippen molar-refractivity contribution in [2.45, 2.75) is 39.2 Å². The van der Waals surface area contributed by atoms with Gasteiger partial charge in [0.05, 0.1) is 16.6 Å². The fourth-order valence-electron chi connectivity index (χ4n) is 3.76.